The standard InChI is InChI=1S/C17H29N5O3/c1-5-21(6-2)16(23)12-20-7-9-22(10-8-20)14(4)17(24)18-15-11-13(3)19-25-15/h11,14H,5-10,12H2,1-4H3,(H,18,24). The Morgan fingerprint density at radius 1 is 1.28 bits per heavy atom. The molecule has 1 aliphatic rings. The highest BCUT2D eigenvalue weighted by molar-refractivity contribution is 5.93. The van der Waals surface area contributed by atoms with E-state index < -0.39 is 0 Å². The fourth-order valence-electron chi connectivity index (χ4n) is 2.99. The molecular weight excluding hydrogens is 322 g/mol. The van der Waals surface area contributed by atoms with Crippen molar-refractivity contribution in [1.29, 1.82) is 0 Å². The first kappa shape index (κ1) is 19.4. The van der Waals surface area contributed by atoms with Crippen molar-refractivity contribution in [2.24, 2.45) is 0 Å². The van der Waals surface area contributed by atoms with Gasteiger partial charge in [0.1, 0.15) is 0 Å². The second-order valence-corrected chi connectivity index (χ2v) is 6.38. The molecule has 0 aliphatic carbocycles. The van der Waals surface area contributed by atoms with Crippen molar-refractivity contribution in [2.45, 2.75) is 33.7 Å². The number of piperazine rings is 1. The van der Waals surface area contributed by atoms with E-state index in [-0.39, 0.29) is 17.9 Å². The second kappa shape index (κ2) is 8.96. The summed E-state index contributed by atoms with van der Waals surface area (Å²) in [7, 11) is 0. The molecule has 1 atom stereocenters. The van der Waals surface area contributed by atoms with E-state index in [0.717, 1.165) is 45.0 Å². The van der Waals surface area contributed by atoms with Crippen molar-refractivity contribution in [3.05, 3.63) is 11.8 Å². The van der Waals surface area contributed by atoms with Crippen molar-refractivity contribution < 1.29 is 14.1 Å². The van der Waals surface area contributed by atoms with Crippen LogP contribution in [0.15, 0.2) is 10.6 Å². The molecule has 1 aromatic heterocycles. The zero-order valence-corrected chi connectivity index (χ0v) is 15.6. The average molecular weight is 351 g/mol. The monoisotopic (exact) mass is 351 g/mol. The van der Waals surface area contributed by atoms with Gasteiger partial charge in [-0.3, -0.25) is 24.7 Å². The number of carbonyl (C=O) groups excluding carboxylic acids is 2. The molecule has 2 heterocycles. The van der Waals surface area contributed by atoms with Crippen molar-refractivity contribution in [2.75, 3.05) is 51.1 Å². The highest BCUT2D eigenvalue weighted by Crippen LogP contribution is 2.12. The van der Waals surface area contributed by atoms with Gasteiger partial charge in [-0.05, 0) is 27.7 Å². The third-order valence-corrected chi connectivity index (χ3v) is 4.68. The average Bonchev–Trinajstić information content (AvgIpc) is 3.00. The molecule has 0 radical (unpaired) electrons. The fraction of sp³-hybridized carbons (Fsp3) is 0.706. The molecule has 8 nitrogen and oxygen atoms in total. The maximum atomic E-state index is 12.3. The molecule has 1 unspecified atom stereocenters. The molecule has 1 N–H and O–H groups in total. The van der Waals surface area contributed by atoms with Gasteiger partial charge in [0.2, 0.25) is 17.7 Å². The quantitative estimate of drug-likeness (QED) is 0.782. The highest BCUT2D eigenvalue weighted by Gasteiger charge is 2.27. The van der Waals surface area contributed by atoms with Crippen LogP contribution >= 0.6 is 0 Å². The number of anilines is 1. The normalized spacial score (nSPS) is 17.3. The molecule has 1 aromatic rings. The van der Waals surface area contributed by atoms with E-state index in [1.807, 2.05) is 25.7 Å². The zero-order chi connectivity index (χ0) is 18.4. The number of rotatable bonds is 7. The minimum atomic E-state index is -0.258. The lowest BCUT2D eigenvalue weighted by molar-refractivity contribution is -0.133. The van der Waals surface area contributed by atoms with E-state index in [9.17, 15) is 9.59 Å². The third kappa shape index (κ3) is 5.27. The third-order valence-electron chi connectivity index (χ3n) is 4.68. The van der Waals surface area contributed by atoms with Gasteiger partial charge in [0.15, 0.2) is 0 Å². The van der Waals surface area contributed by atoms with E-state index in [1.165, 1.54) is 0 Å². The molecule has 8 heteroatoms. The summed E-state index contributed by atoms with van der Waals surface area (Å²) in [4.78, 5) is 30.7. The van der Waals surface area contributed by atoms with Crippen molar-refractivity contribution in [3.63, 3.8) is 0 Å². The summed E-state index contributed by atoms with van der Waals surface area (Å²) in [5.41, 5.74) is 0.731. The van der Waals surface area contributed by atoms with Crippen LogP contribution in [0.3, 0.4) is 0 Å². The minimum absolute atomic E-state index is 0.108. The highest BCUT2D eigenvalue weighted by atomic mass is 16.5. The summed E-state index contributed by atoms with van der Waals surface area (Å²) < 4.78 is 5.03. The van der Waals surface area contributed by atoms with Crippen LogP contribution in [-0.2, 0) is 9.59 Å². The smallest absolute Gasteiger partial charge is 0.243 e. The first-order valence-corrected chi connectivity index (χ1v) is 8.93. The number of likely N-dealkylation sites (N-methyl/N-ethyl adjacent to an activating group) is 1. The van der Waals surface area contributed by atoms with Gasteiger partial charge >= 0.3 is 0 Å². The van der Waals surface area contributed by atoms with Crippen molar-refractivity contribution in [1.82, 2.24) is 19.9 Å². The van der Waals surface area contributed by atoms with Gasteiger partial charge in [-0.2, -0.15) is 0 Å². The van der Waals surface area contributed by atoms with Gasteiger partial charge in [0, 0.05) is 45.3 Å². The Bertz CT molecular complexity index is 577. The van der Waals surface area contributed by atoms with Crippen molar-refractivity contribution in [3.8, 4) is 0 Å². The lowest BCUT2D eigenvalue weighted by atomic mass is 10.2. The van der Waals surface area contributed by atoms with Gasteiger partial charge in [-0.25, -0.2) is 0 Å². The first-order chi connectivity index (χ1) is 11.9. The van der Waals surface area contributed by atoms with Crippen LogP contribution in [0.25, 0.3) is 0 Å². The topological polar surface area (TPSA) is 81.9 Å². The second-order valence-electron chi connectivity index (χ2n) is 6.38. The molecule has 0 bridgehead atoms. The van der Waals surface area contributed by atoms with E-state index in [0.29, 0.717) is 12.4 Å². The van der Waals surface area contributed by atoms with Crippen LogP contribution < -0.4 is 5.32 Å². The summed E-state index contributed by atoms with van der Waals surface area (Å²) >= 11 is 0. The molecule has 0 spiro atoms. The lowest BCUT2D eigenvalue weighted by Crippen LogP contribution is -2.54. The van der Waals surface area contributed by atoms with Gasteiger partial charge < -0.3 is 9.42 Å². The maximum Gasteiger partial charge on any atom is 0.243 e. The van der Waals surface area contributed by atoms with Gasteiger partial charge in [0.05, 0.1) is 18.3 Å². The number of aryl methyl sites for hydroxylation is 1. The number of aromatic nitrogens is 1. The molecule has 0 aromatic carbocycles. The minimum Gasteiger partial charge on any atom is -0.342 e. The Morgan fingerprint density at radius 2 is 1.92 bits per heavy atom. The number of carbonyl (C=O) groups is 2. The predicted molar refractivity (Wildman–Crippen MR) is 95.3 cm³/mol. The Labute approximate surface area is 149 Å². The first-order valence-electron chi connectivity index (χ1n) is 8.93. The number of nitrogens with zero attached hydrogens (tertiary/aromatic N) is 4. The molecule has 2 rings (SSSR count). The summed E-state index contributed by atoms with van der Waals surface area (Å²) in [5.74, 6) is 0.437. The van der Waals surface area contributed by atoms with Crippen LogP contribution in [0, 0.1) is 6.92 Å². The van der Waals surface area contributed by atoms with Gasteiger partial charge in [-0.1, -0.05) is 5.16 Å². The van der Waals surface area contributed by atoms with Gasteiger partial charge in [-0.15, -0.1) is 0 Å². The van der Waals surface area contributed by atoms with Gasteiger partial charge in [0.25, 0.3) is 0 Å². The SMILES string of the molecule is CCN(CC)C(=O)CN1CCN(C(C)C(=O)Nc2cc(C)no2)CC1. The van der Waals surface area contributed by atoms with E-state index in [1.54, 1.807) is 13.0 Å². The largest absolute Gasteiger partial charge is 0.342 e. The lowest BCUT2D eigenvalue weighted by Gasteiger charge is -2.37. The molecule has 0 saturated carbocycles. The fourth-order valence-corrected chi connectivity index (χ4v) is 2.99. The molecule has 1 saturated heterocycles. The molecule has 2 amide bonds. The Morgan fingerprint density at radius 3 is 2.44 bits per heavy atom. The predicted octanol–water partition coefficient (Wildman–Crippen LogP) is 0.796. The number of hydrogen-bond acceptors (Lipinski definition) is 6. The zero-order valence-electron chi connectivity index (χ0n) is 15.6. The van der Waals surface area contributed by atoms with E-state index in [4.69, 9.17) is 4.52 Å². The summed E-state index contributed by atoms with van der Waals surface area (Å²) in [5, 5.41) is 6.51. The summed E-state index contributed by atoms with van der Waals surface area (Å²) in [6.07, 6.45) is 0. The van der Waals surface area contributed by atoms with Crippen LogP contribution in [0.4, 0.5) is 5.88 Å². The van der Waals surface area contributed by atoms with Crippen molar-refractivity contribution >= 4 is 17.7 Å². The number of amides is 2. The Hall–Kier alpha value is -1.93. The summed E-state index contributed by atoms with van der Waals surface area (Å²) in [6, 6.07) is 1.44. The Balaban J connectivity index is 1.78. The number of nitrogens with one attached hydrogen (secondary N) is 1. The Kier molecular flexibility index (Phi) is 6.95. The molecule has 25 heavy (non-hydrogen) atoms. The van der Waals surface area contributed by atoms with Crippen LogP contribution in [-0.4, -0.2) is 83.5 Å². The van der Waals surface area contributed by atoms with E-state index >= 15 is 0 Å². The number of hydrogen-bond donors (Lipinski definition) is 1. The van der Waals surface area contributed by atoms with Crippen LogP contribution in [0.2, 0.25) is 0 Å². The molecule has 140 valence electrons. The molecule has 1 aliphatic heterocycles. The molecule has 1 fully saturated rings. The molecular formula is C17H29N5O3. The summed E-state index contributed by atoms with van der Waals surface area (Å²) in [6.45, 7) is 12.7. The van der Waals surface area contributed by atoms with Crippen LogP contribution in [0.1, 0.15) is 26.5 Å². The maximum absolute atomic E-state index is 12.3. The van der Waals surface area contributed by atoms with Crippen LogP contribution in [0.5, 0.6) is 0 Å². The van der Waals surface area contributed by atoms with E-state index in [2.05, 4.69) is 20.3 Å².